The van der Waals surface area contributed by atoms with Gasteiger partial charge in [-0.3, -0.25) is 0 Å². The summed E-state index contributed by atoms with van der Waals surface area (Å²) in [5, 5.41) is 12.4. The average molecular weight is 185 g/mol. The van der Waals surface area contributed by atoms with Crippen LogP contribution in [0.3, 0.4) is 0 Å². The Morgan fingerprint density at radius 3 is 2.77 bits per heavy atom. The van der Waals surface area contributed by atoms with Crippen LogP contribution < -0.4 is 5.32 Å². The van der Waals surface area contributed by atoms with E-state index in [1.807, 2.05) is 0 Å². The van der Waals surface area contributed by atoms with Gasteiger partial charge in [0.2, 0.25) is 0 Å². The van der Waals surface area contributed by atoms with Crippen molar-refractivity contribution in [1.29, 1.82) is 0 Å². The first-order valence-corrected chi connectivity index (χ1v) is 4.61. The van der Waals surface area contributed by atoms with Crippen molar-refractivity contribution in [3.63, 3.8) is 0 Å². The van der Waals surface area contributed by atoms with Crippen LogP contribution in [0.4, 0.5) is 0 Å². The number of aliphatic hydroxyl groups is 1. The molecule has 0 spiro atoms. The maximum absolute atomic E-state index is 9.31. The van der Waals surface area contributed by atoms with Crippen molar-refractivity contribution in [1.82, 2.24) is 5.32 Å². The van der Waals surface area contributed by atoms with Gasteiger partial charge in [0, 0.05) is 13.7 Å². The number of hydrogen-bond acceptors (Lipinski definition) is 3. The summed E-state index contributed by atoms with van der Waals surface area (Å²) in [6.07, 6.45) is 6.80. The zero-order chi connectivity index (χ0) is 10.1. The molecule has 13 heavy (non-hydrogen) atoms. The molecule has 0 radical (unpaired) electrons. The van der Waals surface area contributed by atoms with Crippen molar-refractivity contribution in [3.05, 3.63) is 0 Å². The van der Waals surface area contributed by atoms with Crippen LogP contribution in [0.25, 0.3) is 0 Å². The smallest absolute Gasteiger partial charge is 0.0897 e. The topological polar surface area (TPSA) is 41.5 Å². The second-order valence-corrected chi connectivity index (χ2v) is 3.03. The number of nitrogens with one attached hydrogen (secondary N) is 1. The lowest BCUT2D eigenvalue weighted by Gasteiger charge is -2.15. The molecule has 0 aromatic rings. The van der Waals surface area contributed by atoms with E-state index < -0.39 is 6.10 Å². The van der Waals surface area contributed by atoms with E-state index in [0.717, 1.165) is 12.8 Å². The lowest BCUT2D eigenvalue weighted by Crippen LogP contribution is -2.36. The predicted molar refractivity (Wildman–Crippen MR) is 53.4 cm³/mol. The van der Waals surface area contributed by atoms with E-state index in [4.69, 9.17) is 11.2 Å². The van der Waals surface area contributed by atoms with Crippen molar-refractivity contribution in [2.75, 3.05) is 20.3 Å². The number of rotatable bonds is 7. The van der Waals surface area contributed by atoms with Crippen LogP contribution in [0.2, 0.25) is 0 Å². The number of aliphatic hydroxyl groups excluding tert-OH is 1. The maximum atomic E-state index is 9.31. The van der Waals surface area contributed by atoms with Crippen LogP contribution in [0.5, 0.6) is 0 Å². The summed E-state index contributed by atoms with van der Waals surface area (Å²) in [7, 11) is 1.56. The molecule has 2 unspecified atom stereocenters. The van der Waals surface area contributed by atoms with E-state index in [0.29, 0.717) is 13.2 Å². The highest BCUT2D eigenvalue weighted by atomic mass is 16.5. The van der Waals surface area contributed by atoms with Gasteiger partial charge < -0.3 is 15.2 Å². The Morgan fingerprint density at radius 1 is 1.62 bits per heavy atom. The summed E-state index contributed by atoms with van der Waals surface area (Å²) in [6, 6.07) is 0.0662. The van der Waals surface area contributed by atoms with E-state index in [2.05, 4.69) is 18.2 Å². The highest BCUT2D eigenvalue weighted by Crippen LogP contribution is 1.94. The van der Waals surface area contributed by atoms with Gasteiger partial charge in [-0.1, -0.05) is 19.3 Å². The lowest BCUT2D eigenvalue weighted by molar-refractivity contribution is 0.0636. The van der Waals surface area contributed by atoms with Crippen molar-refractivity contribution < 1.29 is 9.84 Å². The van der Waals surface area contributed by atoms with E-state index in [9.17, 15) is 5.11 Å². The summed E-state index contributed by atoms with van der Waals surface area (Å²) in [5.74, 6) is 2.64. The number of methoxy groups -OCH3 is 1. The first kappa shape index (κ1) is 12.4. The molecule has 3 nitrogen and oxygen atoms in total. The largest absolute Gasteiger partial charge is 0.389 e. The van der Waals surface area contributed by atoms with Crippen molar-refractivity contribution >= 4 is 0 Å². The van der Waals surface area contributed by atoms with Gasteiger partial charge in [-0.05, 0) is 6.42 Å². The Balaban J connectivity index is 3.54. The molecule has 0 saturated carbocycles. The molecule has 2 atom stereocenters. The molecular formula is C10H19NO2. The zero-order valence-electron chi connectivity index (χ0n) is 8.42. The first-order chi connectivity index (χ1) is 6.24. The third-order valence-electron chi connectivity index (χ3n) is 1.74. The minimum absolute atomic E-state index is 0.0662. The van der Waals surface area contributed by atoms with Crippen LogP contribution in [0.1, 0.15) is 19.8 Å². The van der Waals surface area contributed by atoms with Gasteiger partial charge in [-0.2, -0.15) is 0 Å². The summed E-state index contributed by atoms with van der Waals surface area (Å²) in [6.45, 7) is 2.91. The molecule has 76 valence electrons. The molecule has 0 fully saturated rings. The highest BCUT2D eigenvalue weighted by Gasteiger charge is 2.06. The predicted octanol–water partition coefficient (Wildman–Crippen LogP) is 0.385. The molecule has 0 bridgehead atoms. The van der Waals surface area contributed by atoms with Crippen molar-refractivity contribution in [2.45, 2.75) is 31.9 Å². The monoisotopic (exact) mass is 185 g/mol. The van der Waals surface area contributed by atoms with E-state index in [-0.39, 0.29) is 6.04 Å². The molecule has 0 aliphatic rings. The Morgan fingerprint density at radius 2 is 2.31 bits per heavy atom. The highest BCUT2D eigenvalue weighted by molar-refractivity contribution is 4.98. The Hall–Kier alpha value is -0.560. The fourth-order valence-corrected chi connectivity index (χ4v) is 1.06. The molecule has 3 heteroatoms. The summed E-state index contributed by atoms with van der Waals surface area (Å²) < 4.78 is 4.79. The number of terminal acetylenes is 1. The maximum Gasteiger partial charge on any atom is 0.0897 e. The number of hydrogen-bond donors (Lipinski definition) is 2. The van der Waals surface area contributed by atoms with Crippen LogP contribution in [-0.2, 0) is 4.74 Å². The van der Waals surface area contributed by atoms with Crippen LogP contribution in [-0.4, -0.2) is 37.5 Å². The van der Waals surface area contributed by atoms with Gasteiger partial charge in [0.05, 0.1) is 18.8 Å². The van der Waals surface area contributed by atoms with Crippen LogP contribution >= 0.6 is 0 Å². The third-order valence-corrected chi connectivity index (χ3v) is 1.74. The standard InChI is InChI=1S/C10H19NO2/c1-4-6-9(5-2)11-7-10(12)8-13-3/h2,9-12H,4,6-8H2,1,3H3. The molecule has 0 aromatic carbocycles. The first-order valence-electron chi connectivity index (χ1n) is 4.61. The zero-order valence-corrected chi connectivity index (χ0v) is 8.42. The summed E-state index contributed by atoms with van der Waals surface area (Å²) in [5.41, 5.74) is 0. The number of ether oxygens (including phenoxy) is 1. The molecule has 0 rings (SSSR count). The van der Waals surface area contributed by atoms with Crippen molar-refractivity contribution in [2.24, 2.45) is 0 Å². The average Bonchev–Trinajstić information content (AvgIpc) is 2.12. The van der Waals surface area contributed by atoms with Gasteiger partial charge in [0.15, 0.2) is 0 Å². The summed E-state index contributed by atoms with van der Waals surface area (Å²) >= 11 is 0. The summed E-state index contributed by atoms with van der Waals surface area (Å²) in [4.78, 5) is 0. The van der Waals surface area contributed by atoms with Crippen LogP contribution in [0, 0.1) is 12.3 Å². The SMILES string of the molecule is C#CC(CCC)NCC(O)COC. The fraction of sp³-hybridized carbons (Fsp3) is 0.800. The normalized spacial score (nSPS) is 14.9. The molecule has 0 heterocycles. The van der Waals surface area contributed by atoms with Gasteiger partial charge in [-0.15, -0.1) is 6.42 Å². The van der Waals surface area contributed by atoms with Gasteiger partial charge in [0.1, 0.15) is 0 Å². The van der Waals surface area contributed by atoms with Crippen LogP contribution in [0.15, 0.2) is 0 Å². The van der Waals surface area contributed by atoms with Crippen molar-refractivity contribution in [3.8, 4) is 12.3 Å². The Labute approximate surface area is 80.5 Å². The fourth-order valence-electron chi connectivity index (χ4n) is 1.06. The third kappa shape index (κ3) is 6.59. The molecule has 0 amide bonds. The molecule has 0 aromatic heterocycles. The minimum atomic E-state index is -0.474. The van der Waals surface area contributed by atoms with E-state index in [1.54, 1.807) is 7.11 Å². The Bertz CT molecular complexity index is 153. The van der Waals surface area contributed by atoms with E-state index >= 15 is 0 Å². The quantitative estimate of drug-likeness (QED) is 0.564. The molecule has 0 aliphatic carbocycles. The van der Waals surface area contributed by atoms with Gasteiger partial charge >= 0.3 is 0 Å². The van der Waals surface area contributed by atoms with Gasteiger partial charge in [0.25, 0.3) is 0 Å². The second-order valence-electron chi connectivity index (χ2n) is 3.03. The Kier molecular flexibility index (Phi) is 7.71. The molecule has 2 N–H and O–H groups in total. The molecule has 0 saturated heterocycles. The minimum Gasteiger partial charge on any atom is -0.389 e. The molecule has 0 aliphatic heterocycles. The lowest BCUT2D eigenvalue weighted by atomic mass is 10.2. The molecular weight excluding hydrogens is 166 g/mol. The van der Waals surface area contributed by atoms with Gasteiger partial charge in [-0.25, -0.2) is 0 Å². The second kappa shape index (κ2) is 8.06. The van der Waals surface area contributed by atoms with E-state index in [1.165, 1.54) is 0 Å².